The summed E-state index contributed by atoms with van der Waals surface area (Å²) in [5.41, 5.74) is 0.904. The van der Waals surface area contributed by atoms with Gasteiger partial charge in [-0.2, -0.15) is 0 Å². The van der Waals surface area contributed by atoms with Gasteiger partial charge in [0.25, 0.3) is 0 Å². The Labute approximate surface area is 91.0 Å². The van der Waals surface area contributed by atoms with Gasteiger partial charge in [0.2, 0.25) is 5.82 Å². The van der Waals surface area contributed by atoms with Crippen LogP contribution in [0.5, 0.6) is 0 Å². The van der Waals surface area contributed by atoms with Gasteiger partial charge in [0.1, 0.15) is 0 Å². The quantitative estimate of drug-likeness (QED) is 0.803. The van der Waals surface area contributed by atoms with Crippen molar-refractivity contribution in [3.8, 4) is 11.4 Å². The highest BCUT2D eigenvalue weighted by atomic mass is 16.4. The van der Waals surface area contributed by atoms with Crippen molar-refractivity contribution >= 4 is 5.97 Å². The van der Waals surface area contributed by atoms with Crippen molar-refractivity contribution in [2.24, 2.45) is 0 Å². The lowest BCUT2D eigenvalue weighted by molar-refractivity contribution is 0.0697. The number of carboxylic acids is 1. The van der Waals surface area contributed by atoms with E-state index in [1.807, 2.05) is 0 Å². The van der Waals surface area contributed by atoms with E-state index in [-0.39, 0.29) is 5.56 Å². The molecule has 0 bridgehead atoms. The van der Waals surface area contributed by atoms with Crippen molar-refractivity contribution in [1.29, 1.82) is 0 Å². The van der Waals surface area contributed by atoms with E-state index >= 15 is 0 Å². The molecule has 0 aliphatic rings. The van der Waals surface area contributed by atoms with E-state index in [1.54, 1.807) is 19.1 Å². The third-order valence-corrected chi connectivity index (χ3v) is 1.97. The van der Waals surface area contributed by atoms with Crippen LogP contribution in [0, 0.1) is 6.92 Å². The standard InChI is InChI=1S/C10H8N4O2/c1-6-11-13-9(14-12-6)7-2-4-8(5-3-7)10(15)16/h2-5H,1H3,(H,15,16). The molecule has 6 heteroatoms. The molecular weight excluding hydrogens is 208 g/mol. The molecule has 2 rings (SSSR count). The molecule has 0 radical (unpaired) electrons. The molecule has 0 spiro atoms. The van der Waals surface area contributed by atoms with Crippen molar-refractivity contribution in [2.45, 2.75) is 6.92 Å². The van der Waals surface area contributed by atoms with Crippen LogP contribution in [0.4, 0.5) is 0 Å². The number of benzene rings is 1. The number of hydrogen-bond acceptors (Lipinski definition) is 5. The molecule has 1 aromatic heterocycles. The average Bonchev–Trinajstić information content (AvgIpc) is 2.30. The summed E-state index contributed by atoms with van der Waals surface area (Å²) in [5, 5.41) is 24.0. The normalized spacial score (nSPS) is 10.1. The highest BCUT2D eigenvalue weighted by Crippen LogP contribution is 2.13. The first-order chi connectivity index (χ1) is 7.66. The van der Waals surface area contributed by atoms with E-state index in [9.17, 15) is 4.79 Å². The van der Waals surface area contributed by atoms with Crippen LogP contribution in [0.3, 0.4) is 0 Å². The van der Waals surface area contributed by atoms with E-state index in [4.69, 9.17) is 5.11 Å². The number of aromatic carboxylic acids is 1. The number of carbonyl (C=O) groups is 1. The largest absolute Gasteiger partial charge is 0.478 e. The summed E-state index contributed by atoms with van der Waals surface area (Å²) in [7, 11) is 0. The van der Waals surface area contributed by atoms with E-state index in [0.717, 1.165) is 0 Å². The molecule has 0 fully saturated rings. The van der Waals surface area contributed by atoms with Crippen molar-refractivity contribution in [1.82, 2.24) is 20.4 Å². The van der Waals surface area contributed by atoms with Gasteiger partial charge in [-0.05, 0) is 19.1 Å². The van der Waals surface area contributed by atoms with Crippen LogP contribution in [0.15, 0.2) is 24.3 Å². The Morgan fingerprint density at radius 1 is 1.06 bits per heavy atom. The summed E-state index contributed by atoms with van der Waals surface area (Å²) in [6, 6.07) is 6.22. The van der Waals surface area contributed by atoms with Gasteiger partial charge in [-0.3, -0.25) is 0 Å². The van der Waals surface area contributed by atoms with Gasteiger partial charge in [0.15, 0.2) is 5.82 Å². The summed E-state index contributed by atoms with van der Waals surface area (Å²) in [6.45, 7) is 1.69. The first kappa shape index (κ1) is 10.2. The SMILES string of the molecule is Cc1nnc(-c2ccc(C(=O)O)cc2)nn1. The second-order valence-corrected chi connectivity index (χ2v) is 3.15. The molecular formula is C10H8N4O2. The van der Waals surface area contributed by atoms with Crippen LogP contribution < -0.4 is 0 Å². The Balaban J connectivity index is 2.34. The van der Waals surface area contributed by atoms with E-state index in [0.29, 0.717) is 17.2 Å². The highest BCUT2D eigenvalue weighted by molar-refractivity contribution is 5.88. The fourth-order valence-electron chi connectivity index (χ4n) is 1.16. The van der Waals surface area contributed by atoms with Crippen LogP contribution >= 0.6 is 0 Å². The van der Waals surface area contributed by atoms with Gasteiger partial charge in [0, 0.05) is 5.56 Å². The van der Waals surface area contributed by atoms with Crippen molar-refractivity contribution in [3.63, 3.8) is 0 Å². The van der Waals surface area contributed by atoms with Crippen LogP contribution in [0.1, 0.15) is 16.2 Å². The van der Waals surface area contributed by atoms with Gasteiger partial charge in [-0.25, -0.2) is 4.79 Å². The van der Waals surface area contributed by atoms with E-state index in [1.165, 1.54) is 12.1 Å². The molecule has 2 aromatic rings. The summed E-state index contributed by atoms with van der Waals surface area (Å²) < 4.78 is 0. The average molecular weight is 216 g/mol. The molecule has 16 heavy (non-hydrogen) atoms. The first-order valence-corrected chi connectivity index (χ1v) is 4.54. The molecule has 0 amide bonds. The first-order valence-electron chi connectivity index (χ1n) is 4.54. The van der Waals surface area contributed by atoms with Crippen LogP contribution in [0.25, 0.3) is 11.4 Å². The summed E-state index contributed by atoms with van der Waals surface area (Å²) in [4.78, 5) is 10.6. The lowest BCUT2D eigenvalue weighted by atomic mass is 10.1. The number of carboxylic acid groups (broad SMARTS) is 1. The molecule has 0 aliphatic heterocycles. The number of hydrogen-bond donors (Lipinski definition) is 1. The second-order valence-electron chi connectivity index (χ2n) is 3.15. The number of rotatable bonds is 2. The maximum atomic E-state index is 10.6. The van der Waals surface area contributed by atoms with Gasteiger partial charge in [-0.15, -0.1) is 20.4 Å². The third kappa shape index (κ3) is 2.00. The fraction of sp³-hybridized carbons (Fsp3) is 0.100. The van der Waals surface area contributed by atoms with Crippen LogP contribution in [-0.2, 0) is 0 Å². The molecule has 1 aromatic carbocycles. The monoisotopic (exact) mass is 216 g/mol. The van der Waals surface area contributed by atoms with Crippen LogP contribution in [0.2, 0.25) is 0 Å². The third-order valence-electron chi connectivity index (χ3n) is 1.97. The topological polar surface area (TPSA) is 88.9 Å². The molecule has 1 N–H and O–H groups in total. The molecule has 1 heterocycles. The lowest BCUT2D eigenvalue weighted by Gasteiger charge is -1.98. The summed E-state index contributed by atoms with van der Waals surface area (Å²) in [5.74, 6) is -0.0962. The maximum absolute atomic E-state index is 10.6. The van der Waals surface area contributed by atoms with Gasteiger partial charge >= 0.3 is 5.97 Å². The van der Waals surface area contributed by atoms with Crippen molar-refractivity contribution in [2.75, 3.05) is 0 Å². The van der Waals surface area contributed by atoms with E-state index in [2.05, 4.69) is 20.4 Å². The highest BCUT2D eigenvalue weighted by Gasteiger charge is 2.05. The minimum Gasteiger partial charge on any atom is -0.478 e. The molecule has 0 saturated heterocycles. The minimum absolute atomic E-state index is 0.219. The van der Waals surface area contributed by atoms with E-state index < -0.39 is 5.97 Å². The predicted molar refractivity (Wildman–Crippen MR) is 54.8 cm³/mol. The molecule has 0 unspecified atom stereocenters. The second kappa shape index (κ2) is 4.01. The maximum Gasteiger partial charge on any atom is 0.335 e. The zero-order chi connectivity index (χ0) is 11.5. The minimum atomic E-state index is -0.965. The Morgan fingerprint density at radius 2 is 1.62 bits per heavy atom. The fourth-order valence-corrected chi connectivity index (χ4v) is 1.16. The van der Waals surface area contributed by atoms with Crippen molar-refractivity contribution in [3.05, 3.63) is 35.7 Å². The molecule has 80 valence electrons. The van der Waals surface area contributed by atoms with Gasteiger partial charge in [0.05, 0.1) is 5.56 Å². The Bertz CT molecular complexity index is 507. The molecule has 6 nitrogen and oxygen atoms in total. The molecule has 0 saturated carbocycles. The van der Waals surface area contributed by atoms with Crippen molar-refractivity contribution < 1.29 is 9.90 Å². The lowest BCUT2D eigenvalue weighted by Crippen LogP contribution is -1.99. The smallest absolute Gasteiger partial charge is 0.335 e. The van der Waals surface area contributed by atoms with Crippen LogP contribution in [-0.4, -0.2) is 31.5 Å². The number of nitrogens with zero attached hydrogens (tertiary/aromatic N) is 4. The molecule has 0 atom stereocenters. The number of aromatic nitrogens is 4. The Morgan fingerprint density at radius 3 is 2.12 bits per heavy atom. The zero-order valence-corrected chi connectivity index (χ0v) is 8.45. The Hall–Kier alpha value is -2.37. The summed E-state index contributed by atoms with van der Waals surface area (Å²) in [6.07, 6.45) is 0. The summed E-state index contributed by atoms with van der Waals surface area (Å²) >= 11 is 0. The zero-order valence-electron chi connectivity index (χ0n) is 8.45. The number of aryl methyl sites for hydroxylation is 1. The molecule has 0 aliphatic carbocycles. The van der Waals surface area contributed by atoms with Gasteiger partial charge < -0.3 is 5.11 Å². The van der Waals surface area contributed by atoms with Gasteiger partial charge in [-0.1, -0.05) is 12.1 Å². The Kier molecular flexibility index (Phi) is 2.55. The predicted octanol–water partition coefficient (Wildman–Crippen LogP) is 0.940.